The van der Waals surface area contributed by atoms with Crippen LogP contribution in [-0.2, 0) is 19.1 Å². The molecule has 2 heterocycles. The topological polar surface area (TPSA) is 85.4 Å². The van der Waals surface area contributed by atoms with Gasteiger partial charge in [-0.15, -0.1) is 0 Å². The van der Waals surface area contributed by atoms with Crippen molar-refractivity contribution < 1.29 is 19.1 Å². The summed E-state index contributed by atoms with van der Waals surface area (Å²) in [5.41, 5.74) is 1.13. The van der Waals surface area contributed by atoms with Crippen LogP contribution in [0.3, 0.4) is 0 Å². The Morgan fingerprint density at radius 3 is 2.71 bits per heavy atom. The third kappa shape index (κ3) is 4.48. The second-order valence-electron chi connectivity index (χ2n) is 5.47. The van der Waals surface area contributed by atoms with Crippen LogP contribution in [0.15, 0.2) is 24.5 Å². The average Bonchev–Trinajstić information content (AvgIpc) is 2.77. The van der Waals surface area contributed by atoms with E-state index in [0.29, 0.717) is 6.61 Å². The van der Waals surface area contributed by atoms with Gasteiger partial charge in [0, 0.05) is 18.4 Å². The molecule has 1 unspecified atom stereocenters. The Bertz CT molecular complexity index is 496. The molecule has 0 bridgehead atoms. The summed E-state index contributed by atoms with van der Waals surface area (Å²) in [4.78, 5) is 32.2. The number of pyridine rings is 1. The van der Waals surface area contributed by atoms with Gasteiger partial charge in [-0.25, -0.2) is 0 Å². The molecule has 2 atom stereocenters. The van der Waals surface area contributed by atoms with Gasteiger partial charge in [-0.05, 0) is 30.4 Å². The van der Waals surface area contributed by atoms with Crippen molar-refractivity contribution in [2.24, 2.45) is 5.41 Å². The van der Waals surface area contributed by atoms with E-state index in [1.807, 2.05) is 25.3 Å². The van der Waals surface area contributed by atoms with Gasteiger partial charge in [-0.3, -0.25) is 15.1 Å². The Kier molecular flexibility index (Phi) is 6.21. The van der Waals surface area contributed by atoms with Crippen molar-refractivity contribution >= 4 is 12.1 Å². The molecule has 1 N–H and O–H groups in total. The number of esters is 1. The monoisotopic (exact) mass is 292 g/mol. The Labute approximate surface area is 123 Å². The van der Waals surface area contributed by atoms with Crippen LogP contribution in [0.25, 0.3) is 0 Å². The number of hydrogen-bond acceptors (Lipinski definition) is 6. The minimum Gasteiger partial charge on any atom is -0.465 e. The van der Waals surface area contributed by atoms with Gasteiger partial charge >= 0.3 is 12.1 Å². The van der Waals surface area contributed by atoms with E-state index in [1.165, 1.54) is 0 Å². The normalized spacial score (nSPS) is 22.6. The molecule has 1 aromatic heterocycles. The highest BCUT2D eigenvalue weighted by Crippen LogP contribution is 2.43. The zero-order chi connectivity index (χ0) is 15.9. The predicted octanol–water partition coefficient (Wildman–Crippen LogP) is 1.49. The minimum atomic E-state index is -0.217. The highest BCUT2D eigenvalue weighted by molar-refractivity contribution is 5.76. The minimum absolute atomic E-state index is 0.0143. The molecular formula is C15H20N2O4. The third-order valence-electron chi connectivity index (χ3n) is 3.47. The highest BCUT2D eigenvalue weighted by atomic mass is 16.5. The lowest BCUT2D eigenvalue weighted by Gasteiger charge is -2.26. The van der Waals surface area contributed by atoms with Gasteiger partial charge in [0.1, 0.15) is 6.04 Å². The van der Waals surface area contributed by atoms with Crippen molar-refractivity contribution in [3.8, 4) is 0 Å². The van der Waals surface area contributed by atoms with E-state index in [2.05, 4.69) is 24.1 Å². The van der Waals surface area contributed by atoms with Gasteiger partial charge < -0.3 is 4.74 Å². The fourth-order valence-electron chi connectivity index (χ4n) is 2.62. The Balaban J connectivity index is 0.000000677. The van der Waals surface area contributed by atoms with Gasteiger partial charge in [0.05, 0.1) is 6.61 Å². The molecule has 0 aliphatic carbocycles. The van der Waals surface area contributed by atoms with E-state index in [9.17, 15) is 4.79 Å². The summed E-state index contributed by atoms with van der Waals surface area (Å²) >= 11 is 0. The van der Waals surface area contributed by atoms with Crippen molar-refractivity contribution in [3.05, 3.63) is 30.1 Å². The van der Waals surface area contributed by atoms with Crippen LogP contribution < -0.4 is 5.32 Å². The van der Waals surface area contributed by atoms with E-state index in [1.54, 1.807) is 6.20 Å². The van der Waals surface area contributed by atoms with Gasteiger partial charge in [0.25, 0.3) is 0 Å². The van der Waals surface area contributed by atoms with Gasteiger partial charge in [0.2, 0.25) is 0 Å². The lowest BCUT2D eigenvalue weighted by Crippen LogP contribution is -2.34. The fraction of sp³-hybridized carbons (Fsp3) is 0.533. The van der Waals surface area contributed by atoms with E-state index >= 15 is 0 Å². The zero-order valence-corrected chi connectivity index (χ0v) is 12.5. The molecule has 0 amide bonds. The number of carbonyl (C=O) groups excluding carboxylic acids is 3. The van der Waals surface area contributed by atoms with Gasteiger partial charge in [-0.1, -0.05) is 19.9 Å². The molecule has 1 saturated heterocycles. The zero-order valence-electron chi connectivity index (χ0n) is 12.5. The van der Waals surface area contributed by atoms with E-state index in [0.717, 1.165) is 12.0 Å². The second-order valence-corrected chi connectivity index (χ2v) is 5.47. The molecule has 1 aliphatic rings. The number of nitrogens with one attached hydrogen (secondary N) is 1. The first kappa shape index (κ1) is 17.0. The summed E-state index contributed by atoms with van der Waals surface area (Å²) in [5, 5.41) is 3.37. The molecule has 114 valence electrons. The van der Waals surface area contributed by atoms with Crippen molar-refractivity contribution in [1.82, 2.24) is 10.3 Å². The summed E-state index contributed by atoms with van der Waals surface area (Å²) in [5.74, 6) is -0.156. The summed E-state index contributed by atoms with van der Waals surface area (Å²) in [6.45, 7) is 6.58. The van der Waals surface area contributed by atoms with Crippen molar-refractivity contribution in [1.29, 1.82) is 0 Å². The predicted molar refractivity (Wildman–Crippen MR) is 73.9 cm³/mol. The Morgan fingerprint density at radius 2 is 2.19 bits per heavy atom. The molecule has 0 spiro atoms. The van der Waals surface area contributed by atoms with E-state index < -0.39 is 0 Å². The third-order valence-corrected chi connectivity index (χ3v) is 3.47. The number of nitrogens with zero attached hydrogens (tertiary/aromatic N) is 1. The fourth-order valence-corrected chi connectivity index (χ4v) is 2.62. The number of rotatable bonds is 3. The van der Waals surface area contributed by atoms with Crippen molar-refractivity contribution in [3.63, 3.8) is 0 Å². The van der Waals surface area contributed by atoms with E-state index in [4.69, 9.17) is 14.3 Å². The van der Waals surface area contributed by atoms with Gasteiger partial charge in [0.15, 0.2) is 0 Å². The van der Waals surface area contributed by atoms with Crippen LogP contribution in [0.1, 0.15) is 38.8 Å². The lowest BCUT2D eigenvalue weighted by atomic mass is 9.81. The second kappa shape index (κ2) is 7.67. The lowest BCUT2D eigenvalue weighted by molar-refractivity contribution is -0.191. The first-order chi connectivity index (χ1) is 9.96. The summed E-state index contributed by atoms with van der Waals surface area (Å²) in [6, 6.07) is 3.89. The van der Waals surface area contributed by atoms with Crippen LogP contribution in [0, 0.1) is 5.41 Å². The quantitative estimate of drug-likeness (QED) is 0.850. The molecule has 0 radical (unpaired) electrons. The molecule has 21 heavy (non-hydrogen) atoms. The molecule has 1 aromatic rings. The number of ether oxygens (including phenoxy) is 1. The largest absolute Gasteiger partial charge is 0.465 e. The smallest absolute Gasteiger partial charge is 0.373 e. The SMILES string of the molecule is CCOC(=O)[C@@H]1CC(C)(C)C(c2cccnc2)N1.O=C=O. The summed E-state index contributed by atoms with van der Waals surface area (Å²) in [6.07, 6.45) is 4.65. The first-order valence-corrected chi connectivity index (χ1v) is 6.78. The van der Waals surface area contributed by atoms with E-state index in [-0.39, 0.29) is 29.6 Å². The molecular weight excluding hydrogens is 272 g/mol. The van der Waals surface area contributed by atoms with Gasteiger partial charge in [-0.2, -0.15) is 9.59 Å². The number of carbonyl (C=O) groups is 1. The maximum Gasteiger partial charge on any atom is 0.373 e. The van der Waals surface area contributed by atoms with Crippen LogP contribution in [-0.4, -0.2) is 29.8 Å². The van der Waals surface area contributed by atoms with Crippen LogP contribution in [0.5, 0.6) is 0 Å². The summed E-state index contributed by atoms with van der Waals surface area (Å²) < 4.78 is 5.09. The maximum absolute atomic E-state index is 11.8. The molecule has 2 rings (SSSR count). The van der Waals surface area contributed by atoms with Crippen LogP contribution in [0.4, 0.5) is 0 Å². The van der Waals surface area contributed by atoms with Crippen molar-refractivity contribution in [2.45, 2.75) is 39.3 Å². The summed E-state index contributed by atoms with van der Waals surface area (Å²) in [7, 11) is 0. The first-order valence-electron chi connectivity index (χ1n) is 6.78. The van der Waals surface area contributed by atoms with Crippen LogP contribution in [0.2, 0.25) is 0 Å². The molecule has 6 nitrogen and oxygen atoms in total. The van der Waals surface area contributed by atoms with Crippen molar-refractivity contribution in [2.75, 3.05) is 6.61 Å². The molecule has 0 aromatic carbocycles. The Hall–Kier alpha value is -2.04. The van der Waals surface area contributed by atoms with Crippen LogP contribution >= 0.6 is 0 Å². The Morgan fingerprint density at radius 1 is 1.52 bits per heavy atom. The average molecular weight is 292 g/mol. The molecule has 1 fully saturated rings. The standard InChI is InChI=1S/C14H20N2O2.CO2/c1-4-18-13(17)11-8-14(2,3)12(16-11)10-6-5-7-15-9-10;2-1-3/h5-7,9,11-12,16H,4,8H2,1-3H3;/t11-,12?;/m0./s1. The number of hydrogen-bond donors (Lipinski definition) is 1. The highest BCUT2D eigenvalue weighted by Gasteiger charge is 2.44. The maximum atomic E-state index is 11.8. The number of aromatic nitrogens is 1. The molecule has 1 aliphatic heterocycles. The molecule has 0 saturated carbocycles. The molecule has 6 heteroatoms.